The van der Waals surface area contributed by atoms with E-state index < -0.39 is 5.97 Å². The fourth-order valence-corrected chi connectivity index (χ4v) is 4.35. The lowest BCUT2D eigenvalue weighted by Gasteiger charge is -2.16. The standard InChI is InChI=1S/C17H17N3S.C7H12O2.CH4/c1-3-13-7-8-15(21-13)14-5-4-6-16(19-14)20-17-11-12(2)9-10-18-17;8-7(9)6-4-2-1-3-5-6;/h4-11H,3H2,1-2H3,(H,18,19,20);6H,1-5H2,(H,8,9);1H4. The first-order valence-electron chi connectivity index (χ1n) is 10.5. The van der Waals surface area contributed by atoms with Crippen molar-refractivity contribution in [3.8, 4) is 10.6 Å². The Morgan fingerprint density at radius 3 is 2.52 bits per heavy atom. The molecule has 1 saturated carbocycles. The normalized spacial score (nSPS) is 13.5. The van der Waals surface area contributed by atoms with Gasteiger partial charge in [0.2, 0.25) is 0 Å². The number of hydrogen-bond acceptors (Lipinski definition) is 5. The smallest absolute Gasteiger partial charge is 0.306 e. The van der Waals surface area contributed by atoms with Crippen molar-refractivity contribution in [3.05, 3.63) is 59.1 Å². The molecule has 0 aromatic carbocycles. The van der Waals surface area contributed by atoms with Crippen LogP contribution in [0.2, 0.25) is 0 Å². The zero-order valence-electron chi connectivity index (χ0n) is 17.6. The predicted molar refractivity (Wildman–Crippen MR) is 130 cm³/mol. The fraction of sp³-hybridized carbons (Fsp3) is 0.400. The number of aryl methyl sites for hydroxylation is 2. The van der Waals surface area contributed by atoms with E-state index in [0.717, 1.165) is 49.4 Å². The summed E-state index contributed by atoms with van der Waals surface area (Å²) in [4.78, 5) is 21.9. The summed E-state index contributed by atoms with van der Waals surface area (Å²) >= 11 is 1.80. The first-order chi connectivity index (χ1) is 14.5. The number of nitrogens with one attached hydrogen (secondary N) is 1. The van der Waals surface area contributed by atoms with Crippen LogP contribution in [0.4, 0.5) is 11.6 Å². The van der Waals surface area contributed by atoms with E-state index in [4.69, 9.17) is 5.11 Å². The molecule has 3 heterocycles. The molecule has 5 nitrogen and oxygen atoms in total. The largest absolute Gasteiger partial charge is 0.481 e. The molecule has 2 N–H and O–H groups in total. The van der Waals surface area contributed by atoms with Crippen LogP contribution in [0.5, 0.6) is 0 Å². The summed E-state index contributed by atoms with van der Waals surface area (Å²) in [6, 6.07) is 14.3. The highest BCUT2D eigenvalue weighted by Crippen LogP contribution is 2.28. The molecule has 3 aromatic heterocycles. The zero-order valence-corrected chi connectivity index (χ0v) is 18.4. The number of pyridine rings is 2. The number of anilines is 2. The molecule has 3 aromatic rings. The van der Waals surface area contributed by atoms with E-state index in [1.807, 2.05) is 30.3 Å². The van der Waals surface area contributed by atoms with Crippen LogP contribution in [0.15, 0.2) is 48.7 Å². The van der Waals surface area contributed by atoms with Gasteiger partial charge < -0.3 is 10.4 Å². The Bertz CT molecular complexity index is 965. The van der Waals surface area contributed by atoms with Gasteiger partial charge in [0.05, 0.1) is 16.5 Å². The molecule has 0 spiro atoms. The summed E-state index contributed by atoms with van der Waals surface area (Å²) in [5.74, 6) is 1.01. The first kappa shape index (κ1) is 24.5. The molecule has 0 unspecified atom stereocenters. The van der Waals surface area contributed by atoms with Gasteiger partial charge in [0.25, 0.3) is 0 Å². The molecule has 1 fully saturated rings. The van der Waals surface area contributed by atoms with E-state index in [0.29, 0.717) is 0 Å². The van der Waals surface area contributed by atoms with Crippen molar-refractivity contribution in [3.63, 3.8) is 0 Å². The van der Waals surface area contributed by atoms with Crippen LogP contribution in [0, 0.1) is 12.8 Å². The van der Waals surface area contributed by atoms with Crippen LogP contribution in [-0.4, -0.2) is 21.0 Å². The third-order valence-electron chi connectivity index (χ3n) is 5.14. The van der Waals surface area contributed by atoms with Gasteiger partial charge in [-0.15, -0.1) is 11.3 Å². The summed E-state index contributed by atoms with van der Waals surface area (Å²) in [6.45, 7) is 4.22. The predicted octanol–water partition coefficient (Wildman–Crippen LogP) is 7.11. The Morgan fingerprint density at radius 1 is 1.13 bits per heavy atom. The van der Waals surface area contributed by atoms with E-state index in [1.54, 1.807) is 17.5 Å². The Balaban J connectivity index is 0.000000289. The quantitative estimate of drug-likeness (QED) is 0.443. The van der Waals surface area contributed by atoms with Crippen LogP contribution >= 0.6 is 11.3 Å². The van der Waals surface area contributed by atoms with Crippen LogP contribution < -0.4 is 5.32 Å². The van der Waals surface area contributed by atoms with Crippen LogP contribution in [0.3, 0.4) is 0 Å². The fourth-order valence-electron chi connectivity index (χ4n) is 3.43. The lowest BCUT2D eigenvalue weighted by Crippen LogP contribution is -2.16. The monoisotopic (exact) mass is 439 g/mol. The van der Waals surface area contributed by atoms with Crippen molar-refractivity contribution in [1.82, 2.24) is 9.97 Å². The number of rotatable bonds is 5. The molecule has 0 aliphatic heterocycles. The van der Waals surface area contributed by atoms with Gasteiger partial charge in [-0.25, -0.2) is 9.97 Å². The summed E-state index contributed by atoms with van der Waals surface area (Å²) in [5.41, 5.74) is 2.17. The molecule has 31 heavy (non-hydrogen) atoms. The second kappa shape index (κ2) is 12.2. The Hall–Kier alpha value is -2.73. The average Bonchev–Trinajstić information content (AvgIpc) is 3.25. The van der Waals surface area contributed by atoms with Gasteiger partial charge >= 0.3 is 5.97 Å². The third kappa shape index (κ3) is 7.47. The maximum atomic E-state index is 10.4. The van der Waals surface area contributed by atoms with Gasteiger partial charge in [-0.2, -0.15) is 0 Å². The minimum atomic E-state index is -0.602. The molecule has 0 bridgehead atoms. The van der Waals surface area contributed by atoms with Crippen LogP contribution in [0.1, 0.15) is 56.9 Å². The van der Waals surface area contributed by atoms with Gasteiger partial charge in [-0.3, -0.25) is 4.79 Å². The van der Waals surface area contributed by atoms with Crippen molar-refractivity contribution >= 4 is 28.9 Å². The molecule has 6 heteroatoms. The number of carbonyl (C=O) groups is 1. The summed E-state index contributed by atoms with van der Waals surface area (Å²) < 4.78 is 0. The molecule has 4 rings (SSSR count). The number of carboxylic acids is 1. The highest BCUT2D eigenvalue weighted by molar-refractivity contribution is 7.15. The van der Waals surface area contributed by atoms with Gasteiger partial charge in [-0.1, -0.05) is 39.7 Å². The van der Waals surface area contributed by atoms with E-state index in [2.05, 4.69) is 41.3 Å². The Kier molecular flexibility index (Phi) is 9.66. The molecule has 0 radical (unpaired) electrons. The molecule has 1 aliphatic rings. The molecule has 166 valence electrons. The van der Waals surface area contributed by atoms with Crippen molar-refractivity contribution in [2.45, 2.75) is 59.8 Å². The summed E-state index contributed by atoms with van der Waals surface area (Å²) in [6.07, 6.45) is 8.10. The van der Waals surface area contributed by atoms with Gasteiger partial charge in [0.15, 0.2) is 0 Å². The lowest BCUT2D eigenvalue weighted by atomic mass is 9.90. The van der Waals surface area contributed by atoms with Crippen molar-refractivity contribution in [2.24, 2.45) is 5.92 Å². The number of hydrogen-bond donors (Lipinski definition) is 2. The molecule has 0 saturated heterocycles. The second-order valence-corrected chi connectivity index (χ2v) is 8.71. The van der Waals surface area contributed by atoms with E-state index >= 15 is 0 Å². The number of aromatic nitrogens is 2. The number of carboxylic acid groups (broad SMARTS) is 1. The minimum absolute atomic E-state index is 0. The number of thiophene rings is 1. The average molecular weight is 440 g/mol. The second-order valence-electron chi connectivity index (χ2n) is 7.54. The Morgan fingerprint density at radius 2 is 1.90 bits per heavy atom. The summed E-state index contributed by atoms with van der Waals surface area (Å²) in [5, 5.41) is 11.8. The SMILES string of the molecule is C.CCc1ccc(-c2cccc(Nc3cc(C)ccn3)n2)s1.O=C(O)C1CCCCC1. The van der Waals surface area contributed by atoms with Gasteiger partial charge in [0.1, 0.15) is 11.6 Å². The van der Waals surface area contributed by atoms with Crippen molar-refractivity contribution in [1.29, 1.82) is 0 Å². The van der Waals surface area contributed by atoms with Crippen LogP contribution in [-0.2, 0) is 11.2 Å². The van der Waals surface area contributed by atoms with Crippen molar-refractivity contribution in [2.75, 3.05) is 5.32 Å². The number of aliphatic carboxylic acids is 1. The topological polar surface area (TPSA) is 75.1 Å². The molecule has 0 amide bonds. The van der Waals surface area contributed by atoms with E-state index in [9.17, 15) is 4.79 Å². The maximum Gasteiger partial charge on any atom is 0.306 e. The molecular weight excluding hydrogens is 406 g/mol. The highest BCUT2D eigenvalue weighted by Gasteiger charge is 2.19. The molecule has 0 atom stereocenters. The van der Waals surface area contributed by atoms with E-state index in [-0.39, 0.29) is 13.3 Å². The lowest BCUT2D eigenvalue weighted by molar-refractivity contribution is -0.142. The van der Waals surface area contributed by atoms with Gasteiger partial charge in [-0.05, 0) is 68.1 Å². The van der Waals surface area contributed by atoms with Crippen molar-refractivity contribution < 1.29 is 9.90 Å². The Labute approximate surface area is 189 Å². The molecule has 1 aliphatic carbocycles. The highest BCUT2D eigenvalue weighted by atomic mass is 32.1. The zero-order chi connectivity index (χ0) is 21.3. The number of nitrogens with zero attached hydrogens (tertiary/aromatic N) is 2. The summed E-state index contributed by atoms with van der Waals surface area (Å²) in [7, 11) is 0. The minimum Gasteiger partial charge on any atom is -0.481 e. The first-order valence-corrected chi connectivity index (χ1v) is 11.4. The van der Waals surface area contributed by atoms with Crippen LogP contribution in [0.25, 0.3) is 10.6 Å². The van der Waals surface area contributed by atoms with Gasteiger partial charge in [0, 0.05) is 11.1 Å². The third-order valence-corrected chi connectivity index (χ3v) is 6.39. The molecular formula is C25H33N3O2S. The maximum absolute atomic E-state index is 10.4. The van der Waals surface area contributed by atoms with E-state index in [1.165, 1.54) is 21.7 Å².